The van der Waals surface area contributed by atoms with E-state index < -0.39 is 0 Å². The Kier molecular flexibility index (Phi) is 5.65. The second-order valence-electron chi connectivity index (χ2n) is 7.72. The van der Waals surface area contributed by atoms with E-state index in [1.165, 1.54) is 4.90 Å². The van der Waals surface area contributed by atoms with Crippen LogP contribution in [0.3, 0.4) is 0 Å². The van der Waals surface area contributed by atoms with Crippen molar-refractivity contribution in [1.82, 2.24) is 14.8 Å². The summed E-state index contributed by atoms with van der Waals surface area (Å²) in [5.74, 6) is 0.319. The Labute approximate surface area is 175 Å². The Balaban J connectivity index is 1.46. The van der Waals surface area contributed by atoms with E-state index in [0.717, 1.165) is 35.2 Å². The van der Waals surface area contributed by atoms with Crippen LogP contribution in [0.2, 0.25) is 0 Å². The first-order chi connectivity index (χ1) is 14.5. The zero-order chi connectivity index (χ0) is 21.1. The van der Waals surface area contributed by atoms with E-state index in [4.69, 9.17) is 4.42 Å². The molecule has 1 aromatic carbocycles. The highest BCUT2D eigenvalue weighted by molar-refractivity contribution is 5.96. The van der Waals surface area contributed by atoms with Gasteiger partial charge in [0.05, 0.1) is 0 Å². The van der Waals surface area contributed by atoms with Crippen molar-refractivity contribution in [3.63, 3.8) is 0 Å². The smallest absolute Gasteiger partial charge is 0.289 e. The van der Waals surface area contributed by atoms with Crippen molar-refractivity contribution in [3.8, 4) is 0 Å². The number of hydrogen-bond acceptors (Lipinski definition) is 4. The highest BCUT2D eigenvalue weighted by Crippen LogP contribution is 2.27. The van der Waals surface area contributed by atoms with Crippen LogP contribution >= 0.6 is 0 Å². The average Bonchev–Trinajstić information content (AvgIpc) is 3.21. The number of carbonyl (C=O) groups is 2. The molecule has 154 valence electrons. The maximum atomic E-state index is 12.7. The zero-order valence-corrected chi connectivity index (χ0v) is 17.3. The van der Waals surface area contributed by atoms with Gasteiger partial charge in [0.25, 0.3) is 5.91 Å². The molecule has 1 aliphatic heterocycles. The van der Waals surface area contributed by atoms with Gasteiger partial charge in [-0.2, -0.15) is 0 Å². The molecular formula is C24H25N3O3. The molecule has 0 N–H and O–H groups in total. The van der Waals surface area contributed by atoms with Crippen LogP contribution in [0.1, 0.15) is 34.7 Å². The number of carbonyl (C=O) groups excluding carboxylic acids is 2. The van der Waals surface area contributed by atoms with Crippen LogP contribution in [-0.2, 0) is 11.2 Å². The number of aromatic nitrogens is 1. The number of furan rings is 1. The third-order valence-electron chi connectivity index (χ3n) is 5.33. The molecule has 3 aromatic rings. The number of aryl methyl sites for hydroxylation is 1. The van der Waals surface area contributed by atoms with Gasteiger partial charge in [-0.15, -0.1) is 0 Å². The molecule has 1 aliphatic rings. The molecule has 0 unspecified atom stereocenters. The highest BCUT2D eigenvalue weighted by atomic mass is 16.3. The van der Waals surface area contributed by atoms with E-state index in [-0.39, 0.29) is 11.8 Å². The number of pyridine rings is 1. The molecule has 0 fully saturated rings. The van der Waals surface area contributed by atoms with Crippen molar-refractivity contribution >= 4 is 28.4 Å². The normalized spacial score (nSPS) is 13.9. The summed E-state index contributed by atoms with van der Waals surface area (Å²) in [6.07, 6.45) is 5.89. The van der Waals surface area contributed by atoms with Crippen LogP contribution in [0.4, 0.5) is 0 Å². The molecule has 0 aliphatic carbocycles. The quantitative estimate of drug-likeness (QED) is 0.650. The van der Waals surface area contributed by atoms with E-state index in [9.17, 15) is 9.59 Å². The number of hydrogen-bond donors (Lipinski definition) is 0. The monoisotopic (exact) mass is 403 g/mol. The lowest BCUT2D eigenvalue weighted by Crippen LogP contribution is -2.35. The first kappa shape index (κ1) is 19.9. The summed E-state index contributed by atoms with van der Waals surface area (Å²) in [4.78, 5) is 32.6. The Morgan fingerprint density at radius 1 is 1.17 bits per heavy atom. The summed E-state index contributed by atoms with van der Waals surface area (Å²) >= 11 is 0. The third kappa shape index (κ3) is 4.27. The molecule has 2 amide bonds. The molecule has 6 nitrogen and oxygen atoms in total. The van der Waals surface area contributed by atoms with Gasteiger partial charge in [-0.05, 0) is 54.3 Å². The molecule has 0 saturated carbocycles. The number of amides is 2. The van der Waals surface area contributed by atoms with Gasteiger partial charge in [0.2, 0.25) is 5.91 Å². The SMILES string of the molecule is CN(C)C(=O)c1cc2cc(C3=CCCN(C(=O)CCc4ccccn4)C3)ccc2o1. The van der Waals surface area contributed by atoms with Crippen LogP contribution in [0, 0.1) is 0 Å². The zero-order valence-electron chi connectivity index (χ0n) is 17.3. The van der Waals surface area contributed by atoms with Crippen LogP contribution in [-0.4, -0.2) is 53.8 Å². The lowest BCUT2D eigenvalue weighted by Gasteiger charge is -2.28. The van der Waals surface area contributed by atoms with Crippen molar-refractivity contribution < 1.29 is 14.0 Å². The van der Waals surface area contributed by atoms with Gasteiger partial charge in [0.1, 0.15) is 5.58 Å². The Hall–Kier alpha value is -3.41. The summed E-state index contributed by atoms with van der Waals surface area (Å²) in [6.45, 7) is 1.33. The Morgan fingerprint density at radius 2 is 2.03 bits per heavy atom. The highest BCUT2D eigenvalue weighted by Gasteiger charge is 2.20. The summed E-state index contributed by atoms with van der Waals surface area (Å²) in [5, 5.41) is 0.886. The van der Waals surface area contributed by atoms with E-state index >= 15 is 0 Å². The van der Waals surface area contributed by atoms with Crippen molar-refractivity contribution in [2.24, 2.45) is 0 Å². The van der Waals surface area contributed by atoms with Gasteiger partial charge < -0.3 is 14.2 Å². The maximum absolute atomic E-state index is 12.7. The van der Waals surface area contributed by atoms with Crippen LogP contribution < -0.4 is 0 Å². The molecule has 0 atom stereocenters. The topological polar surface area (TPSA) is 66.7 Å². The first-order valence-electron chi connectivity index (χ1n) is 10.1. The molecule has 4 rings (SSSR count). The second-order valence-corrected chi connectivity index (χ2v) is 7.72. The number of nitrogens with zero attached hydrogens (tertiary/aromatic N) is 3. The lowest BCUT2D eigenvalue weighted by atomic mass is 9.99. The van der Waals surface area contributed by atoms with Crippen molar-refractivity contribution in [2.45, 2.75) is 19.3 Å². The minimum atomic E-state index is -0.158. The van der Waals surface area contributed by atoms with Gasteiger partial charge in [0.15, 0.2) is 5.76 Å². The van der Waals surface area contributed by atoms with Crippen molar-refractivity contribution in [1.29, 1.82) is 0 Å². The maximum Gasteiger partial charge on any atom is 0.289 e. The first-order valence-corrected chi connectivity index (χ1v) is 10.1. The summed E-state index contributed by atoms with van der Waals surface area (Å²) in [7, 11) is 3.40. The molecule has 0 bridgehead atoms. The van der Waals surface area contributed by atoms with E-state index in [0.29, 0.717) is 30.7 Å². The van der Waals surface area contributed by atoms with E-state index in [2.05, 4.69) is 11.1 Å². The molecule has 0 saturated heterocycles. The second kappa shape index (κ2) is 8.53. The summed E-state index contributed by atoms with van der Waals surface area (Å²) < 4.78 is 5.69. The summed E-state index contributed by atoms with van der Waals surface area (Å²) in [5.41, 5.74) is 3.79. The van der Waals surface area contributed by atoms with E-state index in [1.807, 2.05) is 41.3 Å². The minimum Gasteiger partial charge on any atom is -0.451 e. The van der Waals surface area contributed by atoms with Gasteiger partial charge in [0, 0.05) is 50.9 Å². The standard InChI is InChI=1S/C24H25N3O3/c1-26(2)24(29)22-15-19-14-17(8-10-21(19)30-22)18-6-5-13-27(16-18)23(28)11-9-20-7-3-4-12-25-20/h3-4,6-8,10,12,14-15H,5,9,11,13,16H2,1-2H3. The fourth-order valence-electron chi connectivity index (χ4n) is 3.67. The fraction of sp³-hybridized carbons (Fsp3) is 0.292. The largest absolute Gasteiger partial charge is 0.451 e. The van der Waals surface area contributed by atoms with Gasteiger partial charge in [-0.3, -0.25) is 14.6 Å². The molecular weight excluding hydrogens is 378 g/mol. The number of rotatable bonds is 5. The minimum absolute atomic E-state index is 0.148. The van der Waals surface area contributed by atoms with Crippen molar-refractivity contribution in [2.75, 3.05) is 27.2 Å². The number of benzene rings is 1. The van der Waals surface area contributed by atoms with Gasteiger partial charge in [-0.1, -0.05) is 18.2 Å². The number of fused-ring (bicyclic) bond motifs is 1. The van der Waals surface area contributed by atoms with Crippen molar-refractivity contribution in [3.05, 3.63) is 71.8 Å². The average molecular weight is 403 g/mol. The van der Waals surface area contributed by atoms with Gasteiger partial charge in [-0.25, -0.2) is 0 Å². The molecule has 0 radical (unpaired) electrons. The molecule has 30 heavy (non-hydrogen) atoms. The van der Waals surface area contributed by atoms with Crippen LogP contribution in [0.25, 0.3) is 16.5 Å². The molecule has 0 spiro atoms. The fourth-order valence-corrected chi connectivity index (χ4v) is 3.67. The van der Waals surface area contributed by atoms with Crippen LogP contribution in [0.15, 0.2) is 59.2 Å². The molecule has 2 aromatic heterocycles. The third-order valence-corrected chi connectivity index (χ3v) is 5.33. The van der Waals surface area contributed by atoms with Gasteiger partial charge >= 0.3 is 0 Å². The Bertz CT molecular complexity index is 1100. The predicted molar refractivity (Wildman–Crippen MR) is 116 cm³/mol. The van der Waals surface area contributed by atoms with Crippen LogP contribution in [0.5, 0.6) is 0 Å². The Morgan fingerprint density at radius 3 is 2.80 bits per heavy atom. The molecule has 6 heteroatoms. The predicted octanol–water partition coefficient (Wildman–Crippen LogP) is 3.78. The lowest BCUT2D eigenvalue weighted by molar-refractivity contribution is -0.130. The summed E-state index contributed by atoms with van der Waals surface area (Å²) in [6, 6.07) is 13.5. The molecule has 3 heterocycles. The van der Waals surface area contributed by atoms with E-state index in [1.54, 1.807) is 26.4 Å².